The number of carbonyl (C=O) groups is 1. The SMILES string of the molecule is CCOc1ccc(C(Cc2ccc(C(C)(C)C)cc2)C(=O)O)c(C)c1. The van der Waals surface area contributed by atoms with E-state index in [1.807, 2.05) is 44.2 Å². The standard InChI is InChI=1S/C22H28O3/c1-6-25-18-11-12-19(15(2)13-18)20(21(23)24)14-16-7-9-17(10-8-16)22(3,4)5/h7-13,20H,6,14H2,1-5H3,(H,23,24). The minimum Gasteiger partial charge on any atom is -0.494 e. The van der Waals surface area contributed by atoms with E-state index in [4.69, 9.17) is 4.74 Å². The molecule has 2 rings (SSSR count). The van der Waals surface area contributed by atoms with Crippen molar-refractivity contribution in [3.8, 4) is 5.75 Å². The van der Waals surface area contributed by atoms with Gasteiger partial charge in [-0.3, -0.25) is 4.79 Å². The summed E-state index contributed by atoms with van der Waals surface area (Å²) in [6.45, 7) is 11.0. The largest absolute Gasteiger partial charge is 0.494 e. The molecule has 0 bridgehead atoms. The second-order valence-corrected chi connectivity index (χ2v) is 7.49. The summed E-state index contributed by atoms with van der Waals surface area (Å²) in [7, 11) is 0. The van der Waals surface area contributed by atoms with Crippen LogP contribution in [0.25, 0.3) is 0 Å². The van der Waals surface area contributed by atoms with Crippen molar-refractivity contribution in [1.82, 2.24) is 0 Å². The number of ether oxygens (including phenoxy) is 1. The minimum absolute atomic E-state index is 0.0937. The lowest BCUT2D eigenvalue weighted by Gasteiger charge is -2.20. The molecule has 3 nitrogen and oxygen atoms in total. The number of aryl methyl sites for hydroxylation is 1. The van der Waals surface area contributed by atoms with Gasteiger partial charge in [0.05, 0.1) is 12.5 Å². The summed E-state index contributed by atoms with van der Waals surface area (Å²) < 4.78 is 5.50. The number of rotatable bonds is 6. The Morgan fingerprint density at radius 1 is 1.12 bits per heavy atom. The Labute approximate surface area is 150 Å². The Morgan fingerprint density at radius 2 is 1.76 bits per heavy atom. The molecule has 0 aliphatic rings. The van der Waals surface area contributed by atoms with E-state index in [9.17, 15) is 9.90 Å². The predicted octanol–water partition coefficient (Wildman–Crippen LogP) is 5.10. The number of hydrogen-bond donors (Lipinski definition) is 1. The molecule has 2 aromatic carbocycles. The summed E-state index contributed by atoms with van der Waals surface area (Å²) in [5.41, 5.74) is 4.17. The maximum atomic E-state index is 11.9. The van der Waals surface area contributed by atoms with Crippen LogP contribution in [0.2, 0.25) is 0 Å². The highest BCUT2D eigenvalue weighted by atomic mass is 16.5. The fourth-order valence-electron chi connectivity index (χ4n) is 3.00. The van der Waals surface area contributed by atoms with Gasteiger partial charge < -0.3 is 9.84 Å². The Hall–Kier alpha value is -2.29. The molecule has 3 heteroatoms. The highest BCUT2D eigenvalue weighted by Gasteiger charge is 2.23. The number of carboxylic acid groups (broad SMARTS) is 1. The molecular weight excluding hydrogens is 312 g/mol. The number of hydrogen-bond acceptors (Lipinski definition) is 2. The zero-order valence-electron chi connectivity index (χ0n) is 15.8. The molecule has 0 saturated carbocycles. The molecule has 0 heterocycles. The summed E-state index contributed by atoms with van der Waals surface area (Å²) in [4.78, 5) is 11.9. The van der Waals surface area contributed by atoms with Crippen LogP contribution in [0.5, 0.6) is 5.75 Å². The molecule has 0 radical (unpaired) electrons. The van der Waals surface area contributed by atoms with Crippen LogP contribution in [0, 0.1) is 6.92 Å². The molecule has 0 aliphatic carbocycles. The van der Waals surface area contributed by atoms with E-state index in [0.717, 1.165) is 22.4 Å². The first-order valence-corrected chi connectivity index (χ1v) is 8.78. The molecule has 134 valence electrons. The van der Waals surface area contributed by atoms with Crippen LogP contribution in [-0.4, -0.2) is 17.7 Å². The van der Waals surface area contributed by atoms with Gasteiger partial charge in [-0.2, -0.15) is 0 Å². The van der Waals surface area contributed by atoms with Crippen molar-refractivity contribution in [1.29, 1.82) is 0 Å². The summed E-state index contributed by atoms with van der Waals surface area (Å²) in [6, 6.07) is 13.9. The van der Waals surface area contributed by atoms with E-state index in [0.29, 0.717) is 13.0 Å². The first kappa shape index (κ1) is 19.0. The lowest BCUT2D eigenvalue weighted by molar-refractivity contribution is -0.138. The second kappa shape index (κ2) is 7.73. The topological polar surface area (TPSA) is 46.5 Å². The van der Waals surface area contributed by atoms with Gasteiger partial charge in [-0.15, -0.1) is 0 Å². The molecule has 0 fully saturated rings. The van der Waals surface area contributed by atoms with E-state index >= 15 is 0 Å². The smallest absolute Gasteiger partial charge is 0.311 e. The predicted molar refractivity (Wildman–Crippen MR) is 102 cm³/mol. The van der Waals surface area contributed by atoms with E-state index in [1.54, 1.807) is 0 Å². The Bertz CT molecular complexity index is 724. The van der Waals surface area contributed by atoms with Crippen molar-refractivity contribution in [3.63, 3.8) is 0 Å². The molecule has 25 heavy (non-hydrogen) atoms. The molecule has 0 aromatic heterocycles. The van der Waals surface area contributed by atoms with Gasteiger partial charge in [0.1, 0.15) is 5.75 Å². The number of carboxylic acids is 1. The Balaban J connectivity index is 2.26. The average Bonchev–Trinajstić information content (AvgIpc) is 2.53. The maximum Gasteiger partial charge on any atom is 0.311 e. The Kier molecular flexibility index (Phi) is 5.89. The van der Waals surface area contributed by atoms with Crippen LogP contribution in [0.4, 0.5) is 0 Å². The highest BCUT2D eigenvalue weighted by molar-refractivity contribution is 5.77. The molecule has 0 saturated heterocycles. The van der Waals surface area contributed by atoms with Crippen LogP contribution < -0.4 is 4.74 Å². The molecule has 1 unspecified atom stereocenters. The van der Waals surface area contributed by atoms with E-state index in [1.165, 1.54) is 5.56 Å². The third-order valence-corrected chi connectivity index (χ3v) is 4.49. The summed E-state index contributed by atoms with van der Waals surface area (Å²) >= 11 is 0. The number of aliphatic carboxylic acids is 1. The normalized spacial score (nSPS) is 12.7. The quantitative estimate of drug-likeness (QED) is 0.795. The first-order chi connectivity index (χ1) is 11.7. The lowest BCUT2D eigenvalue weighted by Crippen LogP contribution is -2.16. The molecular formula is C22H28O3. The van der Waals surface area contributed by atoms with E-state index in [-0.39, 0.29) is 5.41 Å². The van der Waals surface area contributed by atoms with Crippen molar-refractivity contribution in [2.45, 2.75) is 52.4 Å². The maximum absolute atomic E-state index is 11.9. The highest BCUT2D eigenvalue weighted by Crippen LogP contribution is 2.29. The van der Waals surface area contributed by atoms with Gasteiger partial charge in [-0.25, -0.2) is 0 Å². The average molecular weight is 340 g/mol. The molecule has 2 aromatic rings. The molecule has 0 spiro atoms. The molecule has 0 amide bonds. The van der Waals surface area contributed by atoms with Crippen molar-refractivity contribution in [2.75, 3.05) is 6.61 Å². The van der Waals surface area contributed by atoms with Crippen LogP contribution in [0.15, 0.2) is 42.5 Å². The number of benzene rings is 2. The van der Waals surface area contributed by atoms with Gasteiger partial charge in [0.15, 0.2) is 0 Å². The van der Waals surface area contributed by atoms with Crippen LogP contribution >= 0.6 is 0 Å². The molecule has 1 atom stereocenters. The summed E-state index contributed by atoms with van der Waals surface area (Å²) in [5, 5.41) is 9.74. The van der Waals surface area contributed by atoms with Crippen LogP contribution in [0.1, 0.15) is 55.9 Å². The summed E-state index contributed by atoms with van der Waals surface area (Å²) in [5.74, 6) is -0.578. The van der Waals surface area contributed by atoms with Crippen LogP contribution in [-0.2, 0) is 16.6 Å². The third-order valence-electron chi connectivity index (χ3n) is 4.49. The zero-order valence-corrected chi connectivity index (χ0v) is 15.8. The molecule has 1 N–H and O–H groups in total. The lowest BCUT2D eigenvalue weighted by atomic mass is 9.85. The Morgan fingerprint density at radius 3 is 2.24 bits per heavy atom. The van der Waals surface area contributed by atoms with Gasteiger partial charge in [0.25, 0.3) is 0 Å². The fourth-order valence-corrected chi connectivity index (χ4v) is 3.00. The fraction of sp³-hybridized carbons (Fsp3) is 0.409. The molecule has 0 aliphatic heterocycles. The minimum atomic E-state index is -0.799. The van der Waals surface area contributed by atoms with Crippen molar-refractivity contribution < 1.29 is 14.6 Å². The van der Waals surface area contributed by atoms with Crippen molar-refractivity contribution in [2.24, 2.45) is 0 Å². The van der Waals surface area contributed by atoms with E-state index < -0.39 is 11.9 Å². The third kappa shape index (κ3) is 4.85. The summed E-state index contributed by atoms with van der Waals surface area (Å²) in [6.07, 6.45) is 0.481. The van der Waals surface area contributed by atoms with Gasteiger partial charge in [-0.05, 0) is 60.1 Å². The van der Waals surface area contributed by atoms with Gasteiger partial charge in [0, 0.05) is 0 Å². The van der Waals surface area contributed by atoms with E-state index in [2.05, 4.69) is 32.9 Å². The zero-order chi connectivity index (χ0) is 18.6. The van der Waals surface area contributed by atoms with Crippen molar-refractivity contribution in [3.05, 3.63) is 64.7 Å². The van der Waals surface area contributed by atoms with Gasteiger partial charge in [-0.1, -0.05) is 51.1 Å². The van der Waals surface area contributed by atoms with Crippen molar-refractivity contribution >= 4 is 5.97 Å². The van der Waals surface area contributed by atoms with Gasteiger partial charge >= 0.3 is 5.97 Å². The second-order valence-electron chi connectivity index (χ2n) is 7.49. The monoisotopic (exact) mass is 340 g/mol. The van der Waals surface area contributed by atoms with Gasteiger partial charge in [0.2, 0.25) is 0 Å². The van der Waals surface area contributed by atoms with Crippen LogP contribution in [0.3, 0.4) is 0 Å². The first-order valence-electron chi connectivity index (χ1n) is 8.78.